The van der Waals surface area contributed by atoms with E-state index in [9.17, 15) is 15.3 Å². The summed E-state index contributed by atoms with van der Waals surface area (Å²) in [6.45, 7) is 0.356. The lowest BCUT2D eigenvalue weighted by atomic mass is 10.2. The highest BCUT2D eigenvalue weighted by Gasteiger charge is 2.40. The van der Waals surface area contributed by atoms with Gasteiger partial charge in [0.2, 0.25) is 5.79 Å². The Kier molecular flexibility index (Phi) is 10.4. The van der Waals surface area contributed by atoms with Gasteiger partial charge in [-0.25, -0.2) is 0 Å². The van der Waals surface area contributed by atoms with E-state index >= 15 is 0 Å². The van der Waals surface area contributed by atoms with E-state index in [4.69, 9.17) is 34.5 Å². The standard InChI is InChI=1S/C16H33N3O9/c17-1-14(28-16(10-23)9-19-3-12(6-21)27-16)26-13(7-22)8-24-15-4-18-2-11(5-20)25-15/h11-15,18-23H,1-10,17H2/t11-,12-,13-,14+,15-,16+/m0/s1. The molecule has 0 aliphatic carbocycles. The van der Waals surface area contributed by atoms with E-state index in [1.54, 1.807) is 0 Å². The first-order chi connectivity index (χ1) is 13.6. The maximum Gasteiger partial charge on any atom is 0.207 e. The normalized spacial score (nSPS) is 33.5. The smallest absolute Gasteiger partial charge is 0.207 e. The third kappa shape index (κ3) is 7.09. The molecule has 8 N–H and O–H groups in total. The second-order valence-electron chi connectivity index (χ2n) is 6.71. The van der Waals surface area contributed by atoms with Crippen LogP contribution in [0.25, 0.3) is 0 Å². The number of aliphatic hydroxyl groups excluding tert-OH is 4. The van der Waals surface area contributed by atoms with Crippen LogP contribution in [0.2, 0.25) is 0 Å². The fourth-order valence-electron chi connectivity index (χ4n) is 2.93. The predicted molar refractivity (Wildman–Crippen MR) is 95.1 cm³/mol. The average molecular weight is 411 g/mol. The van der Waals surface area contributed by atoms with Gasteiger partial charge < -0.3 is 60.5 Å². The molecule has 2 rings (SSSR count). The second-order valence-corrected chi connectivity index (χ2v) is 6.71. The predicted octanol–water partition coefficient (Wildman–Crippen LogP) is -4.34. The molecule has 0 amide bonds. The number of rotatable bonds is 12. The van der Waals surface area contributed by atoms with Crippen molar-refractivity contribution >= 4 is 0 Å². The molecule has 2 aliphatic heterocycles. The number of nitrogens with one attached hydrogen (secondary N) is 2. The molecule has 0 aromatic rings. The third-order valence-corrected chi connectivity index (χ3v) is 4.38. The van der Waals surface area contributed by atoms with Crippen molar-refractivity contribution in [3.63, 3.8) is 0 Å². The molecule has 2 heterocycles. The summed E-state index contributed by atoms with van der Waals surface area (Å²) in [5.74, 6) is -1.42. The molecular weight excluding hydrogens is 378 g/mol. The molecular formula is C16H33N3O9. The average Bonchev–Trinajstić information content (AvgIpc) is 2.76. The van der Waals surface area contributed by atoms with Gasteiger partial charge in [-0.1, -0.05) is 0 Å². The van der Waals surface area contributed by atoms with Crippen molar-refractivity contribution in [2.24, 2.45) is 5.73 Å². The van der Waals surface area contributed by atoms with E-state index in [0.717, 1.165) is 0 Å². The Morgan fingerprint density at radius 2 is 1.82 bits per heavy atom. The Labute approximate surface area is 163 Å². The van der Waals surface area contributed by atoms with Crippen LogP contribution in [0.3, 0.4) is 0 Å². The van der Waals surface area contributed by atoms with Crippen LogP contribution in [0.1, 0.15) is 0 Å². The molecule has 0 saturated carbocycles. The van der Waals surface area contributed by atoms with E-state index in [2.05, 4.69) is 10.6 Å². The monoisotopic (exact) mass is 411 g/mol. The van der Waals surface area contributed by atoms with Crippen LogP contribution in [0.15, 0.2) is 0 Å². The number of hydrogen-bond acceptors (Lipinski definition) is 12. The van der Waals surface area contributed by atoms with Crippen LogP contribution in [0.4, 0.5) is 0 Å². The zero-order valence-electron chi connectivity index (χ0n) is 15.9. The van der Waals surface area contributed by atoms with E-state index in [0.29, 0.717) is 19.6 Å². The van der Waals surface area contributed by atoms with Crippen molar-refractivity contribution < 1.29 is 44.1 Å². The minimum absolute atomic E-state index is 0.00531. The van der Waals surface area contributed by atoms with Crippen LogP contribution < -0.4 is 16.4 Å². The Bertz CT molecular complexity index is 436. The van der Waals surface area contributed by atoms with Crippen molar-refractivity contribution in [1.82, 2.24) is 10.6 Å². The van der Waals surface area contributed by atoms with Crippen LogP contribution in [-0.4, -0.2) is 123 Å². The molecule has 0 aromatic heterocycles. The summed E-state index contributed by atoms with van der Waals surface area (Å²) < 4.78 is 28.1. The molecule has 2 saturated heterocycles. The lowest BCUT2D eigenvalue weighted by molar-refractivity contribution is -0.348. The van der Waals surface area contributed by atoms with Crippen molar-refractivity contribution in [3.8, 4) is 0 Å². The summed E-state index contributed by atoms with van der Waals surface area (Å²) in [6.07, 6.45) is -3.21. The lowest BCUT2D eigenvalue weighted by Crippen LogP contribution is -2.60. The fraction of sp³-hybridized carbons (Fsp3) is 1.00. The zero-order chi connectivity index (χ0) is 20.4. The van der Waals surface area contributed by atoms with Gasteiger partial charge in [0.25, 0.3) is 0 Å². The summed E-state index contributed by atoms with van der Waals surface area (Å²) in [5, 5.41) is 43.8. The lowest BCUT2D eigenvalue weighted by Gasteiger charge is -2.41. The molecule has 6 atom stereocenters. The van der Waals surface area contributed by atoms with Gasteiger partial charge in [-0.3, -0.25) is 0 Å². The molecule has 28 heavy (non-hydrogen) atoms. The van der Waals surface area contributed by atoms with Crippen LogP contribution in [-0.2, 0) is 23.7 Å². The Balaban J connectivity index is 1.84. The van der Waals surface area contributed by atoms with Crippen molar-refractivity contribution in [2.75, 3.05) is 65.8 Å². The van der Waals surface area contributed by atoms with Gasteiger partial charge in [-0.2, -0.15) is 0 Å². The van der Waals surface area contributed by atoms with Gasteiger partial charge in [0, 0.05) is 26.2 Å². The molecule has 166 valence electrons. The minimum Gasteiger partial charge on any atom is -0.394 e. The molecule has 2 fully saturated rings. The number of morpholine rings is 2. The maximum atomic E-state index is 9.73. The highest BCUT2D eigenvalue weighted by Crippen LogP contribution is 2.21. The molecule has 2 aliphatic rings. The quantitative estimate of drug-likeness (QED) is 0.154. The topological polar surface area (TPSA) is 177 Å². The molecule has 0 unspecified atom stereocenters. The molecule has 0 radical (unpaired) electrons. The first-order valence-electron chi connectivity index (χ1n) is 9.41. The Morgan fingerprint density at radius 1 is 1.07 bits per heavy atom. The van der Waals surface area contributed by atoms with E-state index in [1.165, 1.54) is 0 Å². The van der Waals surface area contributed by atoms with Gasteiger partial charge in [0.1, 0.15) is 6.10 Å². The maximum absolute atomic E-state index is 9.73. The summed E-state index contributed by atoms with van der Waals surface area (Å²) in [5.41, 5.74) is 5.71. The summed E-state index contributed by atoms with van der Waals surface area (Å²) in [7, 11) is 0. The number of ether oxygens (including phenoxy) is 5. The number of nitrogens with two attached hydrogens (primary N) is 1. The van der Waals surface area contributed by atoms with Crippen LogP contribution in [0.5, 0.6) is 0 Å². The van der Waals surface area contributed by atoms with Crippen molar-refractivity contribution in [1.29, 1.82) is 0 Å². The zero-order valence-corrected chi connectivity index (χ0v) is 15.9. The number of aliphatic hydroxyl groups is 4. The van der Waals surface area contributed by atoms with E-state index in [1.807, 2.05) is 0 Å². The Hall–Kier alpha value is -0.480. The largest absolute Gasteiger partial charge is 0.394 e. The van der Waals surface area contributed by atoms with Gasteiger partial charge in [0.05, 0.1) is 51.8 Å². The first-order valence-corrected chi connectivity index (χ1v) is 9.41. The Morgan fingerprint density at radius 3 is 2.46 bits per heavy atom. The van der Waals surface area contributed by atoms with Crippen molar-refractivity contribution in [3.05, 3.63) is 0 Å². The van der Waals surface area contributed by atoms with Gasteiger partial charge in [-0.15, -0.1) is 0 Å². The van der Waals surface area contributed by atoms with Crippen LogP contribution >= 0.6 is 0 Å². The molecule has 0 aromatic carbocycles. The third-order valence-electron chi connectivity index (χ3n) is 4.38. The van der Waals surface area contributed by atoms with Crippen molar-refractivity contribution in [2.45, 2.75) is 36.7 Å². The minimum atomic E-state index is -1.42. The molecule has 0 bridgehead atoms. The second kappa shape index (κ2) is 12.3. The van der Waals surface area contributed by atoms with Gasteiger partial charge >= 0.3 is 0 Å². The molecule has 12 heteroatoms. The highest BCUT2D eigenvalue weighted by molar-refractivity contribution is 4.82. The van der Waals surface area contributed by atoms with Gasteiger partial charge in [0.15, 0.2) is 12.6 Å². The SMILES string of the molecule is NC[C@H](O[C@@H](CO)CO[C@@H]1CNC[C@@H](CO)O1)O[C@@]1(CO)CNC[C@@H](CO)O1. The van der Waals surface area contributed by atoms with Crippen LogP contribution in [0, 0.1) is 0 Å². The van der Waals surface area contributed by atoms with E-state index in [-0.39, 0.29) is 45.6 Å². The number of hydrogen-bond donors (Lipinski definition) is 7. The van der Waals surface area contributed by atoms with Gasteiger partial charge in [-0.05, 0) is 0 Å². The summed E-state index contributed by atoms with van der Waals surface area (Å²) >= 11 is 0. The highest BCUT2D eigenvalue weighted by atomic mass is 16.8. The summed E-state index contributed by atoms with van der Waals surface area (Å²) in [6, 6.07) is 0. The summed E-state index contributed by atoms with van der Waals surface area (Å²) in [4.78, 5) is 0. The van der Waals surface area contributed by atoms with E-state index < -0.39 is 37.2 Å². The fourth-order valence-corrected chi connectivity index (χ4v) is 2.93. The molecule has 12 nitrogen and oxygen atoms in total. The molecule has 0 spiro atoms. The first kappa shape index (κ1) is 23.8.